The molecule has 7 nitrogen and oxygen atoms in total. The second kappa shape index (κ2) is 7.30. The van der Waals surface area contributed by atoms with Gasteiger partial charge < -0.3 is 26.0 Å². The fourth-order valence-corrected chi connectivity index (χ4v) is 5.93. The Labute approximate surface area is 192 Å². The van der Waals surface area contributed by atoms with Crippen LogP contribution in [0.5, 0.6) is 5.75 Å². The first-order valence-corrected chi connectivity index (χ1v) is 10.9. The molecule has 174 valence electrons. The number of carbonyl (C=O) groups excluding carboxylic acids is 2. The lowest BCUT2D eigenvalue weighted by molar-refractivity contribution is -0.114. The third kappa shape index (κ3) is 3.02. The van der Waals surface area contributed by atoms with Gasteiger partial charge in [-0.3, -0.25) is 9.59 Å². The molecule has 0 aromatic heterocycles. The second-order valence-corrected chi connectivity index (χ2v) is 9.23. The monoisotopic (exact) mass is 478 g/mol. The molecule has 0 saturated carbocycles. The number of aliphatic hydroxyl groups is 1. The smallest absolute Gasteiger partial charge is 0.252 e. The minimum atomic E-state index is -2.53. The fraction of sp³-hybridized carbons (Fsp3) is 0.391. The van der Waals surface area contributed by atoms with Crippen LogP contribution in [0.4, 0.5) is 8.78 Å². The number of aliphatic hydroxyl groups excluding tert-OH is 1. The van der Waals surface area contributed by atoms with Gasteiger partial charge in [-0.2, -0.15) is 0 Å². The fourth-order valence-electron chi connectivity index (χ4n) is 5.63. The number of rotatable bonds is 5. The SMILES string of the molecule is C=C1C(C(N)=O)=C(O)C[C@@H]2CC3Cc4c(Cl)c(CNCC(F)F)cc(O)c4C(=O)C3=C3O[C@]132. The molecule has 4 aliphatic rings. The van der Waals surface area contributed by atoms with Crippen LogP contribution >= 0.6 is 11.6 Å². The number of ketones is 1. The summed E-state index contributed by atoms with van der Waals surface area (Å²) < 4.78 is 30.9. The predicted octanol–water partition coefficient (Wildman–Crippen LogP) is 3.06. The summed E-state index contributed by atoms with van der Waals surface area (Å²) >= 11 is 6.54. The number of phenols is 1. The van der Waals surface area contributed by atoms with E-state index >= 15 is 0 Å². The van der Waals surface area contributed by atoms with Crippen LogP contribution in [0, 0.1) is 11.8 Å². The van der Waals surface area contributed by atoms with Gasteiger partial charge in [-0.15, -0.1) is 0 Å². The van der Waals surface area contributed by atoms with Crippen LogP contribution in [0.25, 0.3) is 0 Å². The van der Waals surface area contributed by atoms with Crippen LogP contribution in [0.1, 0.15) is 34.3 Å². The van der Waals surface area contributed by atoms with Crippen LogP contribution in [0.15, 0.2) is 40.9 Å². The van der Waals surface area contributed by atoms with Crippen molar-refractivity contribution in [3.63, 3.8) is 0 Å². The molecule has 10 heteroatoms. The first-order chi connectivity index (χ1) is 15.6. The molecule has 3 aliphatic carbocycles. The lowest BCUT2D eigenvalue weighted by Crippen LogP contribution is -2.41. The number of allylic oxidation sites excluding steroid dienone is 2. The van der Waals surface area contributed by atoms with Gasteiger partial charge >= 0.3 is 0 Å². The molecule has 1 heterocycles. The molecule has 1 fully saturated rings. The summed E-state index contributed by atoms with van der Waals surface area (Å²) in [5, 5.41) is 23.8. The number of nitrogens with two attached hydrogens (primary N) is 1. The average Bonchev–Trinajstić information content (AvgIpc) is 3.47. The van der Waals surface area contributed by atoms with Crippen molar-refractivity contribution in [2.24, 2.45) is 17.6 Å². The number of ether oxygens (including phenoxy) is 1. The number of aromatic hydroxyl groups is 1. The summed E-state index contributed by atoms with van der Waals surface area (Å²) in [7, 11) is 0. The van der Waals surface area contributed by atoms with E-state index in [0.29, 0.717) is 35.3 Å². The van der Waals surface area contributed by atoms with Crippen molar-refractivity contribution in [3.8, 4) is 5.75 Å². The van der Waals surface area contributed by atoms with E-state index in [1.54, 1.807) is 0 Å². The first kappa shape index (κ1) is 21.9. The molecule has 1 saturated heterocycles. The standard InChI is InChI=1S/C23H21ClF2N2O5/c1-8-16(22(27)32)14(30)5-11-2-9-3-12-18(20(31)17(9)21-23(8,11)33-21)13(29)4-10(19(12)24)6-28-7-15(25)26/h4,9,11,15,28-30H,1-3,5-7H2,(H2,27,32)/t9?,11-,23-/m0/s1. The highest BCUT2D eigenvalue weighted by molar-refractivity contribution is 6.33. The molecular formula is C23H21ClF2N2O5. The Kier molecular flexibility index (Phi) is 4.84. The molecule has 1 aliphatic heterocycles. The highest BCUT2D eigenvalue weighted by atomic mass is 35.5. The van der Waals surface area contributed by atoms with E-state index < -0.39 is 30.3 Å². The zero-order valence-corrected chi connectivity index (χ0v) is 18.1. The van der Waals surface area contributed by atoms with Gasteiger partial charge in [0, 0.05) is 35.1 Å². The van der Waals surface area contributed by atoms with Gasteiger partial charge in [-0.25, -0.2) is 8.78 Å². The lowest BCUT2D eigenvalue weighted by Gasteiger charge is -2.37. The minimum absolute atomic E-state index is 0.0139. The van der Waals surface area contributed by atoms with Crippen molar-refractivity contribution in [2.45, 2.75) is 37.8 Å². The van der Waals surface area contributed by atoms with Gasteiger partial charge in [0.05, 0.1) is 17.7 Å². The molecule has 1 aromatic carbocycles. The van der Waals surface area contributed by atoms with Gasteiger partial charge in [0.2, 0.25) is 0 Å². The Morgan fingerprint density at radius 3 is 2.79 bits per heavy atom. The van der Waals surface area contributed by atoms with Crippen LogP contribution in [0.2, 0.25) is 5.02 Å². The van der Waals surface area contributed by atoms with E-state index in [9.17, 15) is 28.6 Å². The number of amides is 1. The number of epoxide rings is 1. The Bertz CT molecular complexity index is 1210. The molecule has 1 spiro atoms. The number of Topliss-reactive ketones (excluding diaryl/α,β-unsaturated/α-hetero) is 1. The zero-order chi connectivity index (χ0) is 23.8. The quantitative estimate of drug-likeness (QED) is 0.482. The van der Waals surface area contributed by atoms with Crippen molar-refractivity contribution >= 4 is 23.3 Å². The number of halogens is 3. The van der Waals surface area contributed by atoms with Gasteiger partial charge in [-0.05, 0) is 36.0 Å². The molecule has 0 bridgehead atoms. The van der Waals surface area contributed by atoms with Crippen molar-refractivity contribution in [1.29, 1.82) is 0 Å². The van der Waals surface area contributed by atoms with Gasteiger partial charge in [0.15, 0.2) is 17.1 Å². The third-order valence-corrected chi connectivity index (χ3v) is 7.50. The molecular weight excluding hydrogens is 458 g/mol. The Hall–Kier alpha value is -2.91. The normalized spacial score (nSPS) is 27.6. The first-order valence-electron chi connectivity index (χ1n) is 10.5. The van der Waals surface area contributed by atoms with E-state index in [1.807, 2.05) is 0 Å². The second-order valence-electron chi connectivity index (χ2n) is 8.86. The molecule has 1 aromatic rings. The van der Waals surface area contributed by atoms with E-state index in [1.165, 1.54) is 6.07 Å². The number of carbonyl (C=O) groups is 2. The Morgan fingerprint density at radius 2 is 2.12 bits per heavy atom. The summed E-state index contributed by atoms with van der Waals surface area (Å²) in [6, 6.07) is 1.31. The Morgan fingerprint density at radius 1 is 1.39 bits per heavy atom. The summed E-state index contributed by atoms with van der Waals surface area (Å²) in [4.78, 5) is 25.3. The Balaban J connectivity index is 1.54. The molecule has 0 radical (unpaired) electrons. The molecule has 33 heavy (non-hydrogen) atoms. The number of nitrogens with one attached hydrogen (secondary N) is 1. The van der Waals surface area contributed by atoms with Gasteiger partial charge in [-0.1, -0.05) is 18.2 Å². The summed E-state index contributed by atoms with van der Waals surface area (Å²) in [6.07, 6.45) is -1.57. The summed E-state index contributed by atoms with van der Waals surface area (Å²) in [5.41, 5.74) is 5.89. The van der Waals surface area contributed by atoms with Crippen LogP contribution in [-0.4, -0.2) is 40.5 Å². The van der Waals surface area contributed by atoms with E-state index in [2.05, 4.69) is 11.9 Å². The number of fused-ring (bicyclic) bond motifs is 2. The van der Waals surface area contributed by atoms with Crippen LogP contribution in [0.3, 0.4) is 0 Å². The maximum absolute atomic E-state index is 13.5. The number of benzene rings is 1. The number of phenolic OH excluding ortho intramolecular Hbond substituents is 1. The number of hydrogen-bond donors (Lipinski definition) is 4. The number of primary amides is 1. The maximum Gasteiger partial charge on any atom is 0.252 e. The van der Waals surface area contributed by atoms with Crippen molar-refractivity contribution in [1.82, 2.24) is 5.32 Å². The van der Waals surface area contributed by atoms with E-state index in [0.717, 1.165) is 0 Å². The highest BCUT2D eigenvalue weighted by Crippen LogP contribution is 2.65. The minimum Gasteiger partial charge on any atom is -0.511 e. The van der Waals surface area contributed by atoms with Crippen molar-refractivity contribution < 1.29 is 33.3 Å². The zero-order valence-electron chi connectivity index (χ0n) is 17.4. The average molecular weight is 479 g/mol. The predicted molar refractivity (Wildman–Crippen MR) is 114 cm³/mol. The summed E-state index contributed by atoms with van der Waals surface area (Å²) in [6.45, 7) is 3.42. The van der Waals surface area contributed by atoms with Gasteiger partial charge in [0.25, 0.3) is 12.3 Å². The molecule has 5 N–H and O–H groups in total. The largest absolute Gasteiger partial charge is 0.511 e. The molecule has 5 rings (SSSR count). The highest BCUT2D eigenvalue weighted by Gasteiger charge is 2.69. The topological polar surface area (TPSA) is 125 Å². The molecule has 1 unspecified atom stereocenters. The van der Waals surface area contributed by atoms with Crippen LogP contribution < -0.4 is 11.1 Å². The maximum atomic E-state index is 13.5. The number of alkyl halides is 2. The van der Waals surface area contributed by atoms with E-state index in [-0.39, 0.29) is 58.0 Å². The molecule has 1 amide bonds. The van der Waals surface area contributed by atoms with E-state index in [4.69, 9.17) is 22.1 Å². The van der Waals surface area contributed by atoms with Gasteiger partial charge in [0.1, 0.15) is 11.5 Å². The van der Waals surface area contributed by atoms with Crippen molar-refractivity contribution in [3.05, 3.63) is 62.6 Å². The number of hydrogen-bond acceptors (Lipinski definition) is 6. The van der Waals surface area contributed by atoms with Crippen molar-refractivity contribution in [2.75, 3.05) is 6.54 Å². The molecule has 3 atom stereocenters. The lowest BCUT2D eigenvalue weighted by atomic mass is 9.62. The third-order valence-electron chi connectivity index (χ3n) is 7.03. The van der Waals surface area contributed by atoms with Crippen LogP contribution in [-0.2, 0) is 22.5 Å². The summed E-state index contributed by atoms with van der Waals surface area (Å²) in [5.74, 6) is -1.79.